The van der Waals surface area contributed by atoms with Crippen molar-refractivity contribution in [3.05, 3.63) is 23.9 Å². The zero-order chi connectivity index (χ0) is 31.6. The summed E-state index contributed by atoms with van der Waals surface area (Å²) < 4.78 is 23.8. The second kappa shape index (κ2) is 13.6. The van der Waals surface area contributed by atoms with E-state index in [-0.39, 0.29) is 36.9 Å². The molecule has 0 spiro atoms. The van der Waals surface area contributed by atoms with Gasteiger partial charge in [0.2, 0.25) is 11.8 Å². The molecule has 3 aliphatic heterocycles. The first-order valence-corrected chi connectivity index (χ1v) is 16.8. The van der Waals surface area contributed by atoms with Gasteiger partial charge in [0.1, 0.15) is 29.9 Å². The molecule has 244 valence electrons. The molecule has 10 heteroatoms. The molecule has 4 aliphatic rings. The molecule has 3 fully saturated rings. The molecule has 6 rings (SSSR count). The van der Waals surface area contributed by atoms with Gasteiger partial charge in [-0.05, 0) is 74.8 Å². The molecule has 2 aromatic rings. The molecule has 1 amide bonds. The van der Waals surface area contributed by atoms with E-state index in [1.54, 1.807) is 12.0 Å². The number of methoxy groups -OCH3 is 1. The van der Waals surface area contributed by atoms with Crippen molar-refractivity contribution in [1.29, 1.82) is 0 Å². The van der Waals surface area contributed by atoms with Gasteiger partial charge in [0.25, 0.3) is 0 Å². The maximum absolute atomic E-state index is 14.5. The number of aromatic nitrogens is 2. The molecule has 4 heterocycles. The smallest absolute Gasteiger partial charge is 0.306 e. The Morgan fingerprint density at radius 1 is 0.978 bits per heavy atom. The predicted octanol–water partition coefficient (Wildman–Crippen LogP) is 5.08. The summed E-state index contributed by atoms with van der Waals surface area (Å²) in [5.41, 5.74) is 1.77. The molecule has 0 unspecified atom stereocenters. The van der Waals surface area contributed by atoms with Crippen LogP contribution in [-0.2, 0) is 30.3 Å². The maximum Gasteiger partial charge on any atom is 0.306 e. The van der Waals surface area contributed by atoms with Crippen molar-refractivity contribution in [3.63, 3.8) is 0 Å². The van der Waals surface area contributed by atoms with E-state index in [1.165, 1.54) is 0 Å². The van der Waals surface area contributed by atoms with E-state index in [4.69, 9.17) is 28.9 Å². The Hall–Kier alpha value is -3.27. The number of hydrogen-bond donors (Lipinski definition) is 0. The molecule has 0 radical (unpaired) electrons. The topological polar surface area (TPSA) is 117 Å². The van der Waals surface area contributed by atoms with E-state index >= 15 is 0 Å². The highest BCUT2D eigenvalue weighted by Gasteiger charge is 2.50. The van der Waals surface area contributed by atoms with Gasteiger partial charge in [0.05, 0.1) is 43.1 Å². The highest BCUT2D eigenvalue weighted by atomic mass is 16.5. The van der Waals surface area contributed by atoms with Crippen LogP contribution in [0.15, 0.2) is 18.2 Å². The molecule has 6 atom stereocenters. The number of rotatable bonds is 3. The second-order valence-electron chi connectivity index (χ2n) is 13.8. The summed E-state index contributed by atoms with van der Waals surface area (Å²) in [5.74, 6) is 0.0661. The fourth-order valence-corrected chi connectivity index (χ4v) is 7.91. The lowest BCUT2D eigenvalue weighted by atomic mass is 9.69. The van der Waals surface area contributed by atoms with Gasteiger partial charge in [0.15, 0.2) is 0 Å². The molecular weight excluding hydrogens is 574 g/mol. The number of aldehydes is 1. The zero-order valence-electron chi connectivity index (χ0n) is 26.9. The number of esters is 1. The van der Waals surface area contributed by atoms with Crippen molar-refractivity contribution >= 4 is 29.2 Å². The van der Waals surface area contributed by atoms with E-state index in [0.29, 0.717) is 55.5 Å². The van der Waals surface area contributed by atoms with Crippen LogP contribution >= 0.6 is 0 Å². The average molecular weight is 622 g/mol. The highest BCUT2D eigenvalue weighted by Crippen LogP contribution is 2.43. The molecule has 10 nitrogen and oxygen atoms in total. The van der Waals surface area contributed by atoms with Crippen LogP contribution in [0.2, 0.25) is 0 Å². The molecule has 45 heavy (non-hydrogen) atoms. The number of ether oxygens (including phenoxy) is 4. The Kier molecular flexibility index (Phi) is 9.59. The Bertz CT molecular complexity index is 1390. The van der Waals surface area contributed by atoms with Crippen molar-refractivity contribution in [1.82, 2.24) is 14.9 Å². The van der Waals surface area contributed by atoms with Crippen molar-refractivity contribution in [2.45, 2.75) is 103 Å². The SMILES string of the molecule is COc1ccc2nc3c(nc2c1)O[C@H]1CN(C(=O)[C@H](C2(C)CCOCC2)CC(=O)O[C@@H]2CCC[C@H]2CCCCC3)[C@H](C=O)[C@@H]1C. The maximum atomic E-state index is 14.5. The first-order valence-electron chi connectivity index (χ1n) is 16.8. The normalized spacial score (nSPS) is 31.2. The van der Waals surface area contributed by atoms with Crippen molar-refractivity contribution in [2.75, 3.05) is 26.9 Å². The average Bonchev–Trinajstić information content (AvgIpc) is 3.61. The van der Waals surface area contributed by atoms with Crippen LogP contribution in [0.5, 0.6) is 11.6 Å². The molecule has 1 saturated carbocycles. The van der Waals surface area contributed by atoms with Gasteiger partial charge in [-0.2, -0.15) is 0 Å². The largest absolute Gasteiger partial charge is 0.497 e. The minimum absolute atomic E-state index is 0.00265. The van der Waals surface area contributed by atoms with E-state index in [2.05, 4.69) is 6.92 Å². The second-order valence-corrected chi connectivity index (χ2v) is 13.8. The molecule has 1 aromatic heterocycles. The summed E-state index contributed by atoms with van der Waals surface area (Å²) >= 11 is 0. The van der Waals surface area contributed by atoms with E-state index in [0.717, 1.165) is 62.4 Å². The highest BCUT2D eigenvalue weighted by molar-refractivity contribution is 5.87. The van der Waals surface area contributed by atoms with Gasteiger partial charge in [-0.15, -0.1) is 0 Å². The number of carbonyl (C=O) groups is 3. The van der Waals surface area contributed by atoms with Gasteiger partial charge < -0.3 is 28.6 Å². The van der Waals surface area contributed by atoms with Gasteiger partial charge in [-0.25, -0.2) is 9.97 Å². The third-order valence-corrected chi connectivity index (χ3v) is 11.0. The number of benzene rings is 1. The molecule has 2 saturated heterocycles. The minimum Gasteiger partial charge on any atom is -0.497 e. The fourth-order valence-electron chi connectivity index (χ4n) is 7.91. The van der Waals surface area contributed by atoms with Gasteiger partial charge >= 0.3 is 5.97 Å². The zero-order valence-corrected chi connectivity index (χ0v) is 26.9. The molecule has 0 N–H and O–H groups in total. The number of fused-ring (bicyclic) bond motifs is 5. The summed E-state index contributed by atoms with van der Waals surface area (Å²) in [6, 6.07) is 4.95. The fraction of sp³-hybridized carbons (Fsp3) is 0.686. The van der Waals surface area contributed by atoms with Crippen molar-refractivity contribution in [2.24, 2.45) is 23.2 Å². The lowest BCUT2D eigenvalue weighted by molar-refractivity contribution is -0.160. The van der Waals surface area contributed by atoms with Crippen molar-refractivity contribution in [3.8, 4) is 11.6 Å². The third-order valence-electron chi connectivity index (χ3n) is 11.0. The number of amides is 1. The van der Waals surface area contributed by atoms with Crippen molar-refractivity contribution < 1.29 is 33.3 Å². The quantitative estimate of drug-likeness (QED) is 0.342. The van der Waals surface area contributed by atoms with Crippen LogP contribution in [0.25, 0.3) is 11.0 Å². The first kappa shape index (κ1) is 31.7. The molecule has 2 bridgehead atoms. The minimum atomic E-state index is -0.678. The van der Waals surface area contributed by atoms with Crippen LogP contribution in [-0.4, -0.2) is 78.1 Å². The predicted molar refractivity (Wildman–Crippen MR) is 167 cm³/mol. The van der Waals surface area contributed by atoms with E-state index in [1.807, 2.05) is 25.1 Å². The summed E-state index contributed by atoms with van der Waals surface area (Å²) in [6.45, 7) is 5.31. The molecule has 1 aliphatic carbocycles. The lowest BCUT2D eigenvalue weighted by Gasteiger charge is -2.41. The van der Waals surface area contributed by atoms with Crippen LogP contribution < -0.4 is 9.47 Å². The monoisotopic (exact) mass is 621 g/mol. The number of nitrogens with zero attached hydrogens (tertiary/aromatic N) is 3. The van der Waals surface area contributed by atoms with Crippen LogP contribution in [0.1, 0.15) is 83.7 Å². The van der Waals surface area contributed by atoms with E-state index in [9.17, 15) is 14.4 Å². The standard InChI is InChI=1S/C35H47N3O7/c1-22-29(21-39)38-20-31(22)45-33-27(36-26-13-12-24(42-3)18-28(26)37-33)10-6-4-5-8-23-9-7-11-30(23)44-32(40)19-25(34(38)41)35(2)14-16-43-17-15-35/h12-13,18,21-23,25,29-31H,4-11,14-17,19-20H2,1-3H3/t22-,23+,25+,29+,30+,31-/m0/s1. The lowest BCUT2D eigenvalue weighted by Crippen LogP contribution is -2.49. The number of hydrogen-bond acceptors (Lipinski definition) is 9. The van der Waals surface area contributed by atoms with Crippen LogP contribution in [0.4, 0.5) is 0 Å². The third kappa shape index (κ3) is 6.67. The van der Waals surface area contributed by atoms with E-state index < -0.39 is 23.5 Å². The van der Waals surface area contributed by atoms with Crippen LogP contribution in [0.3, 0.4) is 0 Å². The number of carbonyl (C=O) groups excluding carboxylic acids is 3. The van der Waals surface area contributed by atoms with Crippen LogP contribution in [0, 0.1) is 23.2 Å². The Labute approximate surface area is 265 Å². The Morgan fingerprint density at radius 2 is 1.78 bits per heavy atom. The number of aryl methyl sites for hydroxylation is 1. The van der Waals surface area contributed by atoms with Gasteiger partial charge in [-0.1, -0.05) is 26.7 Å². The Morgan fingerprint density at radius 3 is 2.56 bits per heavy atom. The molecule has 1 aromatic carbocycles. The Balaban J connectivity index is 1.36. The van der Waals surface area contributed by atoms with Gasteiger partial charge in [-0.3, -0.25) is 9.59 Å². The molecular formula is C35H47N3O7. The summed E-state index contributed by atoms with van der Waals surface area (Å²) in [5, 5.41) is 0. The summed E-state index contributed by atoms with van der Waals surface area (Å²) in [4.78, 5) is 52.1. The van der Waals surface area contributed by atoms with Gasteiger partial charge in [0, 0.05) is 25.2 Å². The summed E-state index contributed by atoms with van der Waals surface area (Å²) in [6.07, 6.45) is 9.30. The summed E-state index contributed by atoms with van der Waals surface area (Å²) in [7, 11) is 1.62. The first-order chi connectivity index (χ1) is 21.8.